The van der Waals surface area contributed by atoms with Crippen molar-refractivity contribution in [2.24, 2.45) is 5.14 Å². The maximum Gasteiger partial charge on any atom is 0.238 e. The van der Waals surface area contributed by atoms with Gasteiger partial charge in [-0.3, -0.25) is 4.79 Å². The summed E-state index contributed by atoms with van der Waals surface area (Å²) in [7, 11) is -3.73. The summed E-state index contributed by atoms with van der Waals surface area (Å²) in [6.45, 7) is 3.13. The molecule has 0 fully saturated rings. The third-order valence-electron chi connectivity index (χ3n) is 4.72. The van der Waals surface area contributed by atoms with E-state index in [1.165, 1.54) is 6.07 Å². The Balaban J connectivity index is 1.72. The van der Waals surface area contributed by atoms with Crippen LogP contribution >= 0.6 is 0 Å². The van der Waals surface area contributed by atoms with Crippen LogP contribution in [0.3, 0.4) is 0 Å². The van der Waals surface area contributed by atoms with E-state index in [1.54, 1.807) is 17.0 Å². The molecule has 2 aromatic carbocycles. The Morgan fingerprint density at radius 2 is 1.88 bits per heavy atom. The molecule has 0 bridgehead atoms. The van der Waals surface area contributed by atoms with Crippen molar-refractivity contribution >= 4 is 15.9 Å². The van der Waals surface area contributed by atoms with E-state index in [4.69, 9.17) is 5.14 Å². The number of rotatable bonds is 4. The fourth-order valence-corrected chi connectivity index (χ4v) is 3.78. The lowest BCUT2D eigenvalue weighted by Gasteiger charge is -2.30. The quantitative estimate of drug-likeness (QED) is 0.911. The van der Waals surface area contributed by atoms with Crippen LogP contribution in [0.4, 0.5) is 0 Å². The minimum absolute atomic E-state index is 0.0861. The molecule has 2 N–H and O–H groups in total. The smallest absolute Gasteiger partial charge is 0.238 e. The van der Waals surface area contributed by atoms with Crippen molar-refractivity contribution in [1.82, 2.24) is 4.90 Å². The van der Waals surface area contributed by atoms with Gasteiger partial charge in [-0.05, 0) is 41.2 Å². The molecule has 2 aromatic rings. The van der Waals surface area contributed by atoms with Gasteiger partial charge in [-0.25, -0.2) is 13.6 Å². The summed E-state index contributed by atoms with van der Waals surface area (Å²) in [6.07, 6.45) is 1.17. The van der Waals surface area contributed by atoms with E-state index in [0.717, 1.165) is 23.1 Å². The van der Waals surface area contributed by atoms with Crippen LogP contribution < -0.4 is 5.14 Å². The van der Waals surface area contributed by atoms with Gasteiger partial charge in [0.05, 0.1) is 4.90 Å². The summed E-state index contributed by atoms with van der Waals surface area (Å²) in [5.41, 5.74) is 3.08. The molecule has 1 amide bonds. The highest BCUT2D eigenvalue weighted by atomic mass is 32.2. The lowest BCUT2D eigenvalue weighted by molar-refractivity contribution is -0.132. The van der Waals surface area contributed by atoms with Crippen LogP contribution in [-0.4, -0.2) is 25.8 Å². The molecule has 1 unspecified atom stereocenters. The standard InChI is InChI=1S/C19H22N2O3S/c1-14(15-5-3-2-4-6-15)11-19(22)21-10-9-16-7-8-18(25(20,23)24)12-17(16)13-21/h2-8,12,14H,9-11,13H2,1H3,(H2,20,23,24). The lowest BCUT2D eigenvalue weighted by atomic mass is 9.95. The summed E-state index contributed by atoms with van der Waals surface area (Å²) in [6, 6.07) is 14.9. The molecule has 3 rings (SSSR count). The number of fused-ring (bicyclic) bond motifs is 1. The first-order chi connectivity index (χ1) is 11.8. The van der Waals surface area contributed by atoms with Crippen LogP contribution in [-0.2, 0) is 27.8 Å². The van der Waals surface area contributed by atoms with Gasteiger partial charge in [0.1, 0.15) is 0 Å². The molecule has 0 spiro atoms. The van der Waals surface area contributed by atoms with Gasteiger partial charge < -0.3 is 4.90 Å². The van der Waals surface area contributed by atoms with Crippen LogP contribution in [0.2, 0.25) is 0 Å². The molecule has 0 aliphatic carbocycles. The molecule has 1 aliphatic heterocycles. The summed E-state index contributed by atoms with van der Waals surface area (Å²) in [5.74, 6) is 0.230. The van der Waals surface area contributed by atoms with E-state index in [-0.39, 0.29) is 16.7 Å². The minimum Gasteiger partial charge on any atom is -0.338 e. The van der Waals surface area contributed by atoms with Gasteiger partial charge in [-0.15, -0.1) is 0 Å². The third kappa shape index (κ3) is 4.08. The van der Waals surface area contributed by atoms with Crippen LogP contribution in [0.1, 0.15) is 36.0 Å². The number of hydrogen-bond donors (Lipinski definition) is 1. The number of nitrogens with two attached hydrogens (primary N) is 1. The van der Waals surface area contributed by atoms with Gasteiger partial charge in [0.2, 0.25) is 15.9 Å². The van der Waals surface area contributed by atoms with Crippen molar-refractivity contribution in [3.63, 3.8) is 0 Å². The minimum atomic E-state index is -3.73. The normalized spacial score (nSPS) is 15.5. The summed E-state index contributed by atoms with van der Waals surface area (Å²) in [4.78, 5) is 14.6. The molecule has 1 atom stereocenters. The van der Waals surface area contributed by atoms with Crippen LogP contribution in [0, 0.1) is 0 Å². The average molecular weight is 358 g/mol. The Labute approximate surface area is 148 Å². The number of carbonyl (C=O) groups excluding carboxylic acids is 1. The Bertz CT molecular complexity index is 879. The number of nitrogens with zero attached hydrogens (tertiary/aromatic N) is 1. The monoisotopic (exact) mass is 358 g/mol. The van der Waals surface area contributed by atoms with Gasteiger partial charge in [0.15, 0.2) is 0 Å². The number of carbonyl (C=O) groups is 1. The van der Waals surface area contributed by atoms with E-state index in [1.807, 2.05) is 37.3 Å². The van der Waals surface area contributed by atoms with Gasteiger partial charge in [0, 0.05) is 19.5 Å². The van der Waals surface area contributed by atoms with Crippen molar-refractivity contribution in [3.05, 3.63) is 65.2 Å². The van der Waals surface area contributed by atoms with Gasteiger partial charge in [-0.1, -0.05) is 43.3 Å². The molecule has 0 radical (unpaired) electrons. The summed E-state index contributed by atoms with van der Waals surface area (Å²) in [5, 5.41) is 5.21. The number of hydrogen-bond acceptors (Lipinski definition) is 3. The number of sulfonamides is 1. The fraction of sp³-hybridized carbons (Fsp3) is 0.316. The highest BCUT2D eigenvalue weighted by molar-refractivity contribution is 7.89. The van der Waals surface area contributed by atoms with Gasteiger partial charge in [-0.2, -0.15) is 0 Å². The summed E-state index contributed by atoms with van der Waals surface area (Å²) >= 11 is 0. The number of primary sulfonamides is 1. The first kappa shape index (κ1) is 17.6. The Morgan fingerprint density at radius 1 is 1.16 bits per heavy atom. The molecule has 5 nitrogen and oxygen atoms in total. The second kappa shape index (κ2) is 6.98. The average Bonchev–Trinajstić information content (AvgIpc) is 2.60. The van der Waals surface area contributed by atoms with Crippen LogP contribution in [0.25, 0.3) is 0 Å². The molecule has 0 saturated carbocycles. The molecule has 25 heavy (non-hydrogen) atoms. The van der Waals surface area contributed by atoms with Crippen LogP contribution in [0.15, 0.2) is 53.4 Å². The highest BCUT2D eigenvalue weighted by Gasteiger charge is 2.23. The van der Waals surface area contributed by atoms with E-state index in [2.05, 4.69) is 0 Å². The number of amides is 1. The predicted octanol–water partition coefficient (Wildman–Crippen LogP) is 2.41. The molecular formula is C19H22N2O3S. The molecule has 1 heterocycles. The SMILES string of the molecule is CC(CC(=O)N1CCc2ccc(S(N)(=O)=O)cc2C1)c1ccccc1. The maximum absolute atomic E-state index is 12.7. The van der Waals surface area contributed by atoms with E-state index in [9.17, 15) is 13.2 Å². The Morgan fingerprint density at radius 3 is 2.56 bits per heavy atom. The number of benzene rings is 2. The Kier molecular flexibility index (Phi) is 4.92. The van der Waals surface area contributed by atoms with Crippen molar-refractivity contribution in [1.29, 1.82) is 0 Å². The van der Waals surface area contributed by atoms with Crippen molar-refractivity contribution in [2.75, 3.05) is 6.54 Å². The zero-order chi connectivity index (χ0) is 18.0. The predicted molar refractivity (Wildman–Crippen MR) is 96.4 cm³/mol. The van der Waals surface area contributed by atoms with Crippen molar-refractivity contribution in [2.45, 2.75) is 37.1 Å². The molecule has 132 valence electrons. The zero-order valence-corrected chi connectivity index (χ0v) is 15.0. The van der Waals surface area contributed by atoms with Gasteiger partial charge >= 0.3 is 0 Å². The molecule has 6 heteroatoms. The summed E-state index contributed by atoms with van der Waals surface area (Å²) < 4.78 is 23.1. The van der Waals surface area contributed by atoms with E-state index >= 15 is 0 Å². The zero-order valence-electron chi connectivity index (χ0n) is 14.2. The Hall–Kier alpha value is -2.18. The molecule has 1 aliphatic rings. The molecular weight excluding hydrogens is 336 g/mol. The third-order valence-corrected chi connectivity index (χ3v) is 5.63. The second-order valence-electron chi connectivity index (χ2n) is 6.56. The fourth-order valence-electron chi connectivity index (χ4n) is 3.21. The topological polar surface area (TPSA) is 80.5 Å². The highest BCUT2D eigenvalue weighted by Crippen LogP contribution is 2.25. The second-order valence-corrected chi connectivity index (χ2v) is 8.12. The maximum atomic E-state index is 12.7. The van der Waals surface area contributed by atoms with E-state index < -0.39 is 10.0 Å². The largest absolute Gasteiger partial charge is 0.338 e. The van der Waals surface area contributed by atoms with Crippen molar-refractivity contribution < 1.29 is 13.2 Å². The van der Waals surface area contributed by atoms with Crippen LogP contribution in [0.5, 0.6) is 0 Å². The van der Waals surface area contributed by atoms with E-state index in [0.29, 0.717) is 19.5 Å². The molecule has 0 saturated heterocycles. The molecule has 0 aromatic heterocycles. The van der Waals surface area contributed by atoms with Gasteiger partial charge in [0.25, 0.3) is 0 Å². The first-order valence-corrected chi connectivity index (χ1v) is 9.86. The van der Waals surface area contributed by atoms with Crippen molar-refractivity contribution in [3.8, 4) is 0 Å². The lowest BCUT2D eigenvalue weighted by Crippen LogP contribution is -2.36. The first-order valence-electron chi connectivity index (χ1n) is 8.32.